The first kappa shape index (κ1) is 19.7. The largest absolute Gasteiger partial charge is 0.477 e. The Morgan fingerprint density at radius 2 is 1.77 bits per heavy atom. The molecule has 0 atom stereocenters. The van der Waals surface area contributed by atoms with Gasteiger partial charge in [-0.1, -0.05) is 47.5 Å². The van der Waals surface area contributed by atoms with Gasteiger partial charge in [0.2, 0.25) is 6.79 Å². The normalized spacial score (nSPS) is 12.5. The van der Waals surface area contributed by atoms with Crippen LogP contribution in [-0.2, 0) is 6.54 Å². The fraction of sp³-hybridized carbons (Fsp3) is 0.0870. The van der Waals surface area contributed by atoms with Crippen LogP contribution in [0.25, 0.3) is 22.0 Å². The van der Waals surface area contributed by atoms with E-state index in [4.69, 9.17) is 32.7 Å². The number of para-hydroxylation sites is 1. The number of halogens is 3. The third-order valence-electron chi connectivity index (χ3n) is 5.25. The Hall–Kier alpha value is -3.22. The lowest BCUT2D eigenvalue weighted by molar-refractivity contribution is 0.0687. The molecule has 0 spiro atoms. The maximum Gasteiger partial charge on any atom is 0.353 e. The second-order valence-corrected chi connectivity index (χ2v) is 7.87. The van der Waals surface area contributed by atoms with E-state index in [-0.39, 0.29) is 24.1 Å². The molecule has 0 bridgehead atoms. The zero-order valence-corrected chi connectivity index (χ0v) is 17.4. The number of carbonyl (C=O) groups is 1. The molecule has 156 valence electrons. The van der Waals surface area contributed by atoms with Crippen molar-refractivity contribution in [1.29, 1.82) is 0 Å². The van der Waals surface area contributed by atoms with Gasteiger partial charge in [0, 0.05) is 27.6 Å². The summed E-state index contributed by atoms with van der Waals surface area (Å²) in [4.78, 5) is 12.4. The van der Waals surface area contributed by atoms with Crippen molar-refractivity contribution >= 4 is 40.1 Å². The molecular formula is C23H14Cl2FNO4. The van der Waals surface area contributed by atoms with Gasteiger partial charge in [-0.3, -0.25) is 0 Å². The molecule has 1 aliphatic rings. The standard InChI is InChI=1S/C23H14Cl2FNO4/c24-15-9-20-19(30-11-31-20)8-13(15)10-27-18-4-2-1-3-14(18)21(22(27)23(28)29)12-5-6-17(26)16(25)7-12/h1-9H,10-11H2,(H,28,29). The molecule has 0 unspecified atom stereocenters. The molecule has 5 nitrogen and oxygen atoms in total. The molecule has 0 aliphatic carbocycles. The molecular weight excluding hydrogens is 444 g/mol. The molecule has 8 heteroatoms. The molecule has 4 aromatic rings. The summed E-state index contributed by atoms with van der Waals surface area (Å²) in [5, 5.41) is 11.2. The van der Waals surface area contributed by atoms with Gasteiger partial charge in [-0.05, 0) is 35.4 Å². The Balaban J connectivity index is 1.75. The van der Waals surface area contributed by atoms with Crippen LogP contribution < -0.4 is 9.47 Å². The second-order valence-electron chi connectivity index (χ2n) is 7.06. The van der Waals surface area contributed by atoms with Crippen molar-refractivity contribution in [2.75, 3.05) is 6.79 Å². The monoisotopic (exact) mass is 457 g/mol. The van der Waals surface area contributed by atoms with E-state index in [9.17, 15) is 14.3 Å². The number of fused-ring (bicyclic) bond motifs is 2. The fourth-order valence-corrected chi connectivity index (χ4v) is 4.28. The molecule has 1 N–H and O–H groups in total. The van der Waals surface area contributed by atoms with Gasteiger partial charge in [-0.2, -0.15) is 0 Å². The number of hydrogen-bond donors (Lipinski definition) is 1. The molecule has 2 heterocycles. The van der Waals surface area contributed by atoms with Crippen LogP contribution in [0.5, 0.6) is 11.5 Å². The zero-order valence-electron chi connectivity index (χ0n) is 15.9. The number of hydrogen-bond acceptors (Lipinski definition) is 3. The fourth-order valence-electron chi connectivity index (χ4n) is 3.88. The summed E-state index contributed by atoms with van der Waals surface area (Å²) in [6.07, 6.45) is 0. The van der Waals surface area contributed by atoms with Crippen molar-refractivity contribution in [3.63, 3.8) is 0 Å². The molecule has 0 saturated carbocycles. The van der Waals surface area contributed by atoms with Crippen LogP contribution in [0.4, 0.5) is 4.39 Å². The van der Waals surface area contributed by atoms with E-state index in [0.717, 1.165) is 0 Å². The Morgan fingerprint density at radius 1 is 1.03 bits per heavy atom. The highest BCUT2D eigenvalue weighted by Gasteiger charge is 2.25. The highest BCUT2D eigenvalue weighted by molar-refractivity contribution is 6.31. The zero-order chi connectivity index (χ0) is 21.7. The van der Waals surface area contributed by atoms with Crippen molar-refractivity contribution in [2.24, 2.45) is 0 Å². The number of carboxylic acid groups (broad SMARTS) is 1. The minimum Gasteiger partial charge on any atom is -0.477 e. The Morgan fingerprint density at radius 3 is 2.52 bits per heavy atom. The molecule has 31 heavy (non-hydrogen) atoms. The van der Waals surface area contributed by atoms with Crippen LogP contribution >= 0.6 is 23.2 Å². The number of rotatable bonds is 4. The first-order chi connectivity index (χ1) is 14.9. The summed E-state index contributed by atoms with van der Waals surface area (Å²) >= 11 is 12.4. The van der Waals surface area contributed by atoms with Gasteiger partial charge < -0.3 is 19.1 Å². The van der Waals surface area contributed by atoms with Crippen LogP contribution in [0.15, 0.2) is 54.6 Å². The Bertz CT molecular complexity index is 1370. The molecule has 5 rings (SSSR count). The number of aromatic carboxylic acids is 1. The van der Waals surface area contributed by atoms with Gasteiger partial charge in [0.25, 0.3) is 0 Å². The topological polar surface area (TPSA) is 60.7 Å². The summed E-state index contributed by atoms with van der Waals surface area (Å²) < 4.78 is 26.2. The summed E-state index contributed by atoms with van der Waals surface area (Å²) in [7, 11) is 0. The van der Waals surface area contributed by atoms with E-state index in [0.29, 0.717) is 44.1 Å². The lowest BCUT2D eigenvalue weighted by Gasteiger charge is -2.12. The van der Waals surface area contributed by atoms with E-state index >= 15 is 0 Å². The Labute approximate surface area is 186 Å². The third-order valence-corrected chi connectivity index (χ3v) is 5.89. The predicted octanol–water partition coefficient (Wildman–Crippen LogP) is 6.23. The van der Waals surface area contributed by atoms with E-state index in [2.05, 4.69) is 0 Å². The van der Waals surface area contributed by atoms with Crippen LogP contribution in [-0.4, -0.2) is 22.4 Å². The van der Waals surface area contributed by atoms with Crippen LogP contribution in [0.2, 0.25) is 10.0 Å². The molecule has 1 aliphatic heterocycles. The van der Waals surface area contributed by atoms with Crippen molar-refractivity contribution in [3.8, 4) is 22.6 Å². The number of nitrogens with zero attached hydrogens (tertiary/aromatic N) is 1. The van der Waals surface area contributed by atoms with Crippen LogP contribution in [0, 0.1) is 5.82 Å². The van der Waals surface area contributed by atoms with Crippen molar-refractivity contribution in [1.82, 2.24) is 4.57 Å². The molecule has 0 fully saturated rings. The molecule has 0 saturated heterocycles. The maximum absolute atomic E-state index is 13.7. The SMILES string of the molecule is O=C(O)c1c(-c2ccc(F)c(Cl)c2)c2ccccc2n1Cc1cc2c(cc1Cl)OCO2. The lowest BCUT2D eigenvalue weighted by atomic mass is 10.0. The van der Waals surface area contributed by atoms with Crippen LogP contribution in [0.1, 0.15) is 16.1 Å². The average molecular weight is 458 g/mol. The second kappa shape index (κ2) is 7.48. The molecule has 3 aromatic carbocycles. The van der Waals surface area contributed by atoms with E-state index in [1.54, 1.807) is 16.7 Å². The first-order valence-electron chi connectivity index (χ1n) is 9.32. The van der Waals surface area contributed by atoms with Crippen molar-refractivity contribution in [2.45, 2.75) is 6.54 Å². The number of carboxylic acids is 1. The average Bonchev–Trinajstić information content (AvgIpc) is 3.32. The van der Waals surface area contributed by atoms with Gasteiger partial charge in [0.15, 0.2) is 11.5 Å². The van der Waals surface area contributed by atoms with E-state index < -0.39 is 11.8 Å². The highest BCUT2D eigenvalue weighted by Crippen LogP contribution is 2.40. The minimum absolute atomic E-state index is 0.0533. The highest BCUT2D eigenvalue weighted by atomic mass is 35.5. The van der Waals surface area contributed by atoms with Gasteiger partial charge in [-0.25, -0.2) is 9.18 Å². The van der Waals surface area contributed by atoms with Crippen LogP contribution in [0.3, 0.4) is 0 Å². The van der Waals surface area contributed by atoms with Gasteiger partial charge in [0.1, 0.15) is 11.5 Å². The number of benzene rings is 3. The molecule has 1 aromatic heterocycles. The van der Waals surface area contributed by atoms with Crippen molar-refractivity contribution < 1.29 is 23.8 Å². The predicted molar refractivity (Wildman–Crippen MR) is 116 cm³/mol. The summed E-state index contributed by atoms with van der Waals surface area (Å²) in [5.41, 5.74) is 2.40. The van der Waals surface area contributed by atoms with Gasteiger partial charge in [-0.15, -0.1) is 0 Å². The summed E-state index contributed by atoms with van der Waals surface area (Å²) in [5.74, 6) is -0.592. The molecule has 0 amide bonds. The minimum atomic E-state index is -1.12. The maximum atomic E-state index is 13.7. The third kappa shape index (κ3) is 3.28. The molecule has 0 radical (unpaired) electrons. The van der Waals surface area contributed by atoms with E-state index in [1.807, 2.05) is 24.3 Å². The van der Waals surface area contributed by atoms with E-state index in [1.165, 1.54) is 18.2 Å². The number of aromatic nitrogens is 1. The van der Waals surface area contributed by atoms with Gasteiger partial charge >= 0.3 is 5.97 Å². The Kier molecular flexibility index (Phi) is 4.76. The smallest absolute Gasteiger partial charge is 0.353 e. The quantitative estimate of drug-likeness (QED) is 0.394. The summed E-state index contributed by atoms with van der Waals surface area (Å²) in [6, 6.07) is 14.9. The van der Waals surface area contributed by atoms with Gasteiger partial charge in [0.05, 0.1) is 11.6 Å². The van der Waals surface area contributed by atoms with Crippen molar-refractivity contribution in [3.05, 3.63) is 81.7 Å². The number of ether oxygens (including phenoxy) is 2. The lowest BCUT2D eigenvalue weighted by Crippen LogP contribution is -2.11. The first-order valence-corrected chi connectivity index (χ1v) is 10.1. The summed E-state index contributed by atoms with van der Waals surface area (Å²) in [6.45, 7) is 0.296.